The SMILES string of the molecule is O=C(O)c1cn(C2CC2)c2cc(N3CCN(C4CC=CCC4O)CC3)c(F)cc2c1=O. The first-order chi connectivity index (χ1) is 14.9. The Morgan fingerprint density at radius 3 is 2.42 bits per heavy atom. The van der Waals surface area contributed by atoms with Crippen molar-refractivity contribution in [1.29, 1.82) is 0 Å². The first-order valence-corrected chi connectivity index (χ1v) is 10.9. The summed E-state index contributed by atoms with van der Waals surface area (Å²) < 4.78 is 16.9. The van der Waals surface area contributed by atoms with E-state index in [2.05, 4.69) is 11.0 Å². The molecule has 1 aromatic carbocycles. The largest absolute Gasteiger partial charge is 0.477 e. The summed E-state index contributed by atoms with van der Waals surface area (Å²) >= 11 is 0. The summed E-state index contributed by atoms with van der Waals surface area (Å²) in [6, 6.07) is 3.14. The highest BCUT2D eigenvalue weighted by Crippen LogP contribution is 2.38. The third-order valence-corrected chi connectivity index (χ3v) is 6.76. The van der Waals surface area contributed by atoms with Crippen LogP contribution < -0.4 is 10.3 Å². The van der Waals surface area contributed by atoms with Crippen molar-refractivity contribution in [2.75, 3.05) is 31.1 Å². The highest BCUT2D eigenvalue weighted by Gasteiger charge is 2.31. The number of halogens is 1. The quantitative estimate of drug-likeness (QED) is 0.729. The van der Waals surface area contributed by atoms with Crippen molar-refractivity contribution < 1.29 is 19.4 Å². The van der Waals surface area contributed by atoms with Crippen LogP contribution in [0.15, 0.2) is 35.3 Å². The summed E-state index contributed by atoms with van der Waals surface area (Å²) in [6.07, 6.45) is 8.48. The van der Waals surface area contributed by atoms with Crippen LogP contribution in [0.1, 0.15) is 42.1 Å². The molecular formula is C23H26FN3O4. The highest BCUT2D eigenvalue weighted by atomic mass is 19.1. The number of aliphatic hydroxyl groups is 1. The molecule has 2 aliphatic carbocycles. The zero-order chi connectivity index (χ0) is 21.7. The zero-order valence-corrected chi connectivity index (χ0v) is 17.2. The number of anilines is 1. The van der Waals surface area contributed by atoms with E-state index in [-0.39, 0.29) is 29.1 Å². The predicted molar refractivity (Wildman–Crippen MR) is 115 cm³/mol. The van der Waals surface area contributed by atoms with Crippen molar-refractivity contribution in [3.63, 3.8) is 0 Å². The Balaban J connectivity index is 1.46. The molecule has 2 unspecified atom stereocenters. The number of benzene rings is 1. The van der Waals surface area contributed by atoms with Crippen molar-refractivity contribution >= 4 is 22.6 Å². The number of aromatic nitrogens is 1. The summed E-state index contributed by atoms with van der Waals surface area (Å²) in [7, 11) is 0. The standard InChI is InChI=1S/C23H26FN3O4/c24-17-11-15-19(27(14-5-6-14)13-16(22(15)29)23(30)31)12-20(17)26-9-7-25(8-10-26)18-3-1-2-4-21(18)28/h1-2,11-14,18,21,28H,3-10H2,(H,30,31). The second-order valence-corrected chi connectivity index (χ2v) is 8.74. The van der Waals surface area contributed by atoms with Crippen LogP contribution in [-0.2, 0) is 0 Å². The molecule has 31 heavy (non-hydrogen) atoms. The van der Waals surface area contributed by atoms with E-state index in [1.165, 1.54) is 12.3 Å². The topological polar surface area (TPSA) is 86.0 Å². The first kappa shape index (κ1) is 20.2. The third-order valence-electron chi connectivity index (χ3n) is 6.76. The molecule has 0 amide bonds. The minimum absolute atomic E-state index is 0.100. The molecule has 2 atom stereocenters. The minimum Gasteiger partial charge on any atom is -0.477 e. The molecule has 1 saturated carbocycles. The Kier molecular flexibility index (Phi) is 5.06. The summed E-state index contributed by atoms with van der Waals surface area (Å²) in [5.41, 5.74) is 0.0616. The van der Waals surface area contributed by atoms with Crippen molar-refractivity contribution in [1.82, 2.24) is 9.47 Å². The van der Waals surface area contributed by atoms with Gasteiger partial charge >= 0.3 is 5.97 Å². The molecule has 0 spiro atoms. The zero-order valence-electron chi connectivity index (χ0n) is 17.2. The van der Waals surface area contributed by atoms with E-state index < -0.39 is 17.2 Å². The van der Waals surface area contributed by atoms with Gasteiger partial charge in [0.2, 0.25) is 5.43 Å². The number of rotatable bonds is 4. The van der Waals surface area contributed by atoms with Crippen LogP contribution >= 0.6 is 0 Å². The fourth-order valence-corrected chi connectivity index (χ4v) is 4.88. The highest BCUT2D eigenvalue weighted by molar-refractivity contribution is 5.93. The number of aromatic carboxylic acids is 1. The van der Waals surface area contributed by atoms with Crippen LogP contribution in [0, 0.1) is 5.82 Å². The van der Waals surface area contributed by atoms with Gasteiger partial charge in [-0.25, -0.2) is 9.18 Å². The summed E-state index contributed by atoms with van der Waals surface area (Å²) in [5.74, 6) is -1.80. The molecule has 1 aliphatic heterocycles. The van der Waals surface area contributed by atoms with Gasteiger partial charge in [-0.15, -0.1) is 0 Å². The number of hydrogen-bond donors (Lipinski definition) is 2. The minimum atomic E-state index is -1.29. The van der Waals surface area contributed by atoms with E-state index >= 15 is 4.39 Å². The first-order valence-electron chi connectivity index (χ1n) is 10.9. The van der Waals surface area contributed by atoms with Gasteiger partial charge in [-0.1, -0.05) is 12.2 Å². The Morgan fingerprint density at radius 2 is 1.77 bits per heavy atom. The number of fused-ring (bicyclic) bond motifs is 1. The summed E-state index contributed by atoms with van der Waals surface area (Å²) in [4.78, 5) is 28.4. The lowest BCUT2D eigenvalue weighted by molar-refractivity contribution is 0.0443. The van der Waals surface area contributed by atoms with Gasteiger partial charge in [0.05, 0.1) is 17.3 Å². The molecule has 2 N–H and O–H groups in total. The van der Waals surface area contributed by atoms with Gasteiger partial charge in [-0.05, 0) is 37.8 Å². The van der Waals surface area contributed by atoms with Gasteiger partial charge < -0.3 is 19.7 Å². The van der Waals surface area contributed by atoms with E-state index in [4.69, 9.17) is 0 Å². The maximum absolute atomic E-state index is 15.1. The van der Waals surface area contributed by atoms with Crippen LogP contribution in [0.25, 0.3) is 10.9 Å². The van der Waals surface area contributed by atoms with Gasteiger partial charge in [0.15, 0.2) is 0 Å². The van der Waals surface area contributed by atoms with Gasteiger partial charge in [0.1, 0.15) is 11.4 Å². The number of nitrogens with zero attached hydrogens (tertiary/aromatic N) is 3. The van der Waals surface area contributed by atoms with Crippen LogP contribution in [0.4, 0.5) is 10.1 Å². The van der Waals surface area contributed by atoms with Crippen molar-refractivity contribution in [2.45, 2.75) is 43.9 Å². The van der Waals surface area contributed by atoms with E-state index in [0.717, 1.165) is 32.4 Å². The molecule has 8 heteroatoms. The lowest BCUT2D eigenvalue weighted by atomic mass is 9.96. The fourth-order valence-electron chi connectivity index (χ4n) is 4.88. The van der Waals surface area contributed by atoms with Gasteiger partial charge in [0.25, 0.3) is 0 Å². The Labute approximate surface area is 179 Å². The van der Waals surface area contributed by atoms with E-state index in [1.54, 1.807) is 6.07 Å². The monoisotopic (exact) mass is 427 g/mol. The number of pyridine rings is 1. The molecule has 2 heterocycles. The molecule has 7 nitrogen and oxygen atoms in total. The van der Waals surface area contributed by atoms with E-state index in [1.807, 2.05) is 15.5 Å². The number of hydrogen-bond acceptors (Lipinski definition) is 5. The number of carboxylic acids is 1. The van der Waals surface area contributed by atoms with Crippen LogP contribution in [0.5, 0.6) is 0 Å². The van der Waals surface area contributed by atoms with E-state index in [9.17, 15) is 19.8 Å². The number of carbonyl (C=O) groups is 1. The number of aliphatic hydroxyl groups excluding tert-OH is 1. The Hall–Kier alpha value is -2.71. The van der Waals surface area contributed by atoms with E-state index in [0.29, 0.717) is 30.7 Å². The molecular weight excluding hydrogens is 401 g/mol. The molecule has 2 fully saturated rings. The maximum Gasteiger partial charge on any atom is 0.341 e. The summed E-state index contributed by atoms with van der Waals surface area (Å²) in [6.45, 7) is 2.69. The Morgan fingerprint density at radius 1 is 1.06 bits per heavy atom. The van der Waals surface area contributed by atoms with Crippen LogP contribution in [0.2, 0.25) is 0 Å². The number of piperazine rings is 1. The maximum atomic E-state index is 15.1. The van der Waals surface area contributed by atoms with Gasteiger partial charge in [-0.3, -0.25) is 9.69 Å². The molecule has 1 saturated heterocycles. The predicted octanol–water partition coefficient (Wildman–Crippen LogP) is 2.38. The van der Waals surface area contributed by atoms with Crippen molar-refractivity contribution in [3.8, 4) is 0 Å². The molecule has 0 bridgehead atoms. The third kappa shape index (κ3) is 3.64. The summed E-state index contributed by atoms with van der Waals surface area (Å²) in [5, 5.41) is 19.8. The molecule has 0 radical (unpaired) electrons. The molecule has 164 valence electrons. The second kappa shape index (κ2) is 7.76. The average molecular weight is 427 g/mol. The van der Waals surface area contributed by atoms with Gasteiger partial charge in [0, 0.05) is 49.8 Å². The van der Waals surface area contributed by atoms with Crippen LogP contribution in [0.3, 0.4) is 0 Å². The molecule has 1 aromatic heterocycles. The van der Waals surface area contributed by atoms with Crippen LogP contribution in [-0.4, -0.2) is 64.0 Å². The second-order valence-electron chi connectivity index (χ2n) is 8.74. The average Bonchev–Trinajstić information content (AvgIpc) is 3.60. The van der Waals surface area contributed by atoms with Gasteiger partial charge in [-0.2, -0.15) is 0 Å². The van der Waals surface area contributed by atoms with Crippen molar-refractivity contribution in [2.24, 2.45) is 0 Å². The molecule has 3 aliphatic rings. The molecule has 2 aromatic rings. The fraction of sp³-hybridized carbons (Fsp3) is 0.478. The van der Waals surface area contributed by atoms with Crippen molar-refractivity contribution in [3.05, 3.63) is 52.1 Å². The molecule has 5 rings (SSSR count). The number of carboxylic acid groups (broad SMARTS) is 1. The smallest absolute Gasteiger partial charge is 0.341 e. The lowest BCUT2D eigenvalue weighted by Crippen LogP contribution is -2.54. The Bertz CT molecular complexity index is 1120. The lowest BCUT2D eigenvalue weighted by Gasteiger charge is -2.42. The normalized spacial score (nSPS) is 24.6.